The molecule has 0 spiro atoms. The first-order valence-electron chi connectivity index (χ1n) is 11.6. The third-order valence-corrected chi connectivity index (χ3v) is 4.35. The van der Waals surface area contributed by atoms with Gasteiger partial charge in [0.2, 0.25) is 0 Å². The lowest BCUT2D eigenvalue weighted by molar-refractivity contribution is -0.137. The first kappa shape index (κ1) is 34.0. The van der Waals surface area contributed by atoms with Crippen LogP contribution in [0, 0.1) is 11.3 Å². The number of hydrogen-bond donors (Lipinski definition) is 3. The van der Waals surface area contributed by atoms with Crippen LogP contribution in [-0.2, 0) is 28.4 Å². The highest BCUT2D eigenvalue weighted by Crippen LogP contribution is 2.36. The van der Waals surface area contributed by atoms with Crippen molar-refractivity contribution in [1.82, 2.24) is 0 Å². The fraction of sp³-hybridized carbons (Fsp3) is 0.423. The molecule has 0 heterocycles. The molecule has 0 aliphatic rings. The van der Waals surface area contributed by atoms with E-state index in [1.165, 1.54) is 12.1 Å². The molecule has 220 valence electrons. The van der Waals surface area contributed by atoms with E-state index in [4.69, 9.17) is 20.5 Å². The van der Waals surface area contributed by atoms with Crippen LogP contribution in [0.5, 0.6) is 0 Å². The zero-order valence-corrected chi connectivity index (χ0v) is 22.6. The van der Waals surface area contributed by atoms with Gasteiger partial charge in [-0.3, -0.25) is 10.6 Å². The van der Waals surface area contributed by atoms with Crippen LogP contribution in [0.15, 0.2) is 36.4 Å². The smallest absolute Gasteiger partial charge is 0.418 e. The number of alkyl halides is 6. The van der Waals surface area contributed by atoms with Crippen LogP contribution in [0.1, 0.15) is 63.8 Å². The molecular weight excluding hydrogens is 546 g/mol. The molecule has 2 aromatic rings. The van der Waals surface area contributed by atoms with E-state index >= 15 is 0 Å². The number of carbonyl (C=O) groups is 2. The fourth-order valence-electron chi connectivity index (χ4n) is 2.86. The lowest BCUT2D eigenvalue weighted by Gasteiger charge is -2.21. The van der Waals surface area contributed by atoms with Crippen LogP contribution in [0.3, 0.4) is 0 Å². The van der Waals surface area contributed by atoms with Gasteiger partial charge in [0.1, 0.15) is 11.2 Å². The second kappa shape index (κ2) is 12.9. The fourth-order valence-corrected chi connectivity index (χ4v) is 2.86. The van der Waals surface area contributed by atoms with Crippen LogP contribution >= 0.6 is 0 Å². The van der Waals surface area contributed by atoms with Gasteiger partial charge < -0.3 is 15.2 Å². The van der Waals surface area contributed by atoms with Crippen molar-refractivity contribution in [2.75, 3.05) is 10.6 Å². The normalized spacial score (nSPS) is 11.9. The lowest BCUT2D eigenvalue weighted by Crippen LogP contribution is -2.28. The number of anilines is 2. The van der Waals surface area contributed by atoms with Gasteiger partial charge in [-0.1, -0.05) is 6.07 Å². The Kier molecular flexibility index (Phi) is 11.0. The average Bonchev–Trinajstić information content (AvgIpc) is 2.75. The third-order valence-electron chi connectivity index (χ3n) is 4.35. The van der Waals surface area contributed by atoms with Crippen molar-refractivity contribution in [3.05, 3.63) is 58.7 Å². The summed E-state index contributed by atoms with van der Waals surface area (Å²) in [7, 11) is 0. The minimum atomic E-state index is -4.64. The number of nitrogens with two attached hydrogens (primary N) is 1. The number of nitriles is 1. The molecule has 2 rings (SSSR count). The van der Waals surface area contributed by atoms with Gasteiger partial charge in [0.15, 0.2) is 0 Å². The molecule has 0 atom stereocenters. The van der Waals surface area contributed by atoms with E-state index in [9.17, 15) is 35.9 Å². The maximum absolute atomic E-state index is 12.8. The molecule has 2 aromatic carbocycles. The Labute approximate surface area is 227 Å². The molecule has 0 saturated heterocycles. The Morgan fingerprint density at radius 2 is 1.18 bits per heavy atom. The van der Waals surface area contributed by atoms with Crippen molar-refractivity contribution < 1.29 is 45.4 Å². The van der Waals surface area contributed by atoms with E-state index in [1.54, 1.807) is 47.6 Å². The van der Waals surface area contributed by atoms with Crippen molar-refractivity contribution >= 4 is 23.6 Å². The van der Waals surface area contributed by atoms with Crippen molar-refractivity contribution in [2.45, 2.75) is 71.6 Å². The molecule has 0 unspecified atom stereocenters. The van der Waals surface area contributed by atoms with E-state index in [1.807, 2.05) is 5.32 Å². The van der Waals surface area contributed by atoms with Gasteiger partial charge in [-0.2, -0.15) is 31.6 Å². The van der Waals surface area contributed by atoms with E-state index in [2.05, 4.69) is 5.32 Å². The van der Waals surface area contributed by atoms with Crippen LogP contribution in [-0.4, -0.2) is 23.4 Å². The third kappa shape index (κ3) is 11.8. The highest BCUT2D eigenvalue weighted by molar-refractivity contribution is 5.87. The molecule has 8 nitrogen and oxygen atoms in total. The van der Waals surface area contributed by atoms with E-state index in [0.717, 1.165) is 24.3 Å². The van der Waals surface area contributed by atoms with Crippen molar-refractivity contribution in [3.8, 4) is 6.07 Å². The van der Waals surface area contributed by atoms with Gasteiger partial charge in [-0.15, -0.1) is 0 Å². The Morgan fingerprint density at radius 1 is 0.775 bits per heavy atom. The Balaban J connectivity index is 0.000000400. The predicted octanol–water partition coefficient (Wildman–Crippen LogP) is 7.44. The molecule has 0 bridgehead atoms. The molecule has 0 aliphatic heterocycles. The SMILES string of the molecule is CC(C)(C)OC(=O)Nc1cc(C#N)ccc1C(F)(F)F.CC(C)(C)OC(=O)Nc1cc(CN)ccc1C(F)(F)F. The van der Waals surface area contributed by atoms with Gasteiger partial charge in [0.05, 0.1) is 34.1 Å². The van der Waals surface area contributed by atoms with E-state index in [-0.39, 0.29) is 17.8 Å². The zero-order chi connectivity index (χ0) is 31.1. The van der Waals surface area contributed by atoms with Gasteiger partial charge in [-0.05, 0) is 77.4 Å². The number of hydrogen-bond acceptors (Lipinski definition) is 6. The summed E-state index contributed by atoms with van der Waals surface area (Å²) in [5, 5.41) is 12.8. The summed E-state index contributed by atoms with van der Waals surface area (Å²) >= 11 is 0. The number of amides is 2. The predicted molar refractivity (Wildman–Crippen MR) is 135 cm³/mol. The summed E-state index contributed by atoms with van der Waals surface area (Å²) in [6.07, 6.45) is -11.2. The second-order valence-electron chi connectivity index (χ2n) is 10.2. The monoisotopic (exact) mass is 576 g/mol. The molecule has 0 radical (unpaired) electrons. The molecule has 4 N–H and O–H groups in total. The van der Waals surface area contributed by atoms with Crippen LogP contribution in [0.4, 0.5) is 47.3 Å². The first-order valence-corrected chi connectivity index (χ1v) is 11.6. The molecule has 0 saturated carbocycles. The van der Waals surface area contributed by atoms with E-state index in [0.29, 0.717) is 5.56 Å². The minimum Gasteiger partial charge on any atom is -0.444 e. The van der Waals surface area contributed by atoms with Crippen molar-refractivity contribution in [2.24, 2.45) is 5.73 Å². The molecule has 40 heavy (non-hydrogen) atoms. The van der Waals surface area contributed by atoms with Crippen LogP contribution in [0.2, 0.25) is 0 Å². The van der Waals surface area contributed by atoms with Gasteiger partial charge >= 0.3 is 24.5 Å². The van der Waals surface area contributed by atoms with Gasteiger partial charge in [-0.25, -0.2) is 9.59 Å². The van der Waals surface area contributed by atoms with Crippen LogP contribution < -0.4 is 16.4 Å². The molecule has 0 fully saturated rings. The second-order valence-corrected chi connectivity index (χ2v) is 10.2. The number of nitrogens with one attached hydrogen (secondary N) is 2. The summed E-state index contributed by atoms with van der Waals surface area (Å²) in [5.74, 6) is 0. The maximum Gasteiger partial charge on any atom is 0.418 e. The Morgan fingerprint density at radius 3 is 1.52 bits per heavy atom. The molecule has 0 aliphatic carbocycles. The standard InChI is InChI=1S/C13H17F3N2O2.C13H13F3N2O2/c2*1-12(2,3)20-11(19)18-10-6-8(7-17)4-5-9(10)13(14,15)16/h4-6H,7,17H2,1-3H3,(H,18,19);4-6H,1-3H3,(H,18,19). The van der Waals surface area contributed by atoms with Gasteiger partial charge in [0.25, 0.3) is 0 Å². The average molecular weight is 577 g/mol. The zero-order valence-electron chi connectivity index (χ0n) is 22.6. The van der Waals surface area contributed by atoms with Gasteiger partial charge in [0, 0.05) is 6.54 Å². The number of benzene rings is 2. The maximum atomic E-state index is 12.8. The highest BCUT2D eigenvalue weighted by atomic mass is 19.4. The first-order chi connectivity index (χ1) is 18.1. The minimum absolute atomic E-state index is 0.00376. The number of halogens is 6. The summed E-state index contributed by atoms with van der Waals surface area (Å²) in [6, 6.07) is 7.77. The van der Waals surface area contributed by atoms with Crippen molar-refractivity contribution in [1.29, 1.82) is 5.26 Å². The topological polar surface area (TPSA) is 126 Å². The molecule has 0 aromatic heterocycles. The number of nitrogens with zero attached hydrogens (tertiary/aromatic N) is 1. The lowest BCUT2D eigenvalue weighted by atomic mass is 10.1. The quantitative estimate of drug-likeness (QED) is 0.326. The highest BCUT2D eigenvalue weighted by Gasteiger charge is 2.35. The molecule has 14 heteroatoms. The molecular formula is C26H30F6N4O4. The summed E-state index contributed by atoms with van der Waals surface area (Å²) in [4.78, 5) is 23.1. The van der Waals surface area contributed by atoms with Crippen LogP contribution in [0.25, 0.3) is 0 Å². The number of ether oxygens (including phenoxy) is 2. The summed E-state index contributed by atoms with van der Waals surface area (Å²) in [6.45, 7) is 9.69. The van der Waals surface area contributed by atoms with Crippen molar-refractivity contribution in [3.63, 3.8) is 0 Å². The largest absolute Gasteiger partial charge is 0.444 e. The molecule has 2 amide bonds. The van der Waals surface area contributed by atoms with E-state index < -0.39 is 52.6 Å². The number of carbonyl (C=O) groups excluding carboxylic acids is 2. The summed E-state index contributed by atoms with van der Waals surface area (Å²) in [5.41, 5.74) is 1.37. The number of rotatable bonds is 3. The summed E-state index contributed by atoms with van der Waals surface area (Å²) < 4.78 is 86.8. The Bertz CT molecular complexity index is 1240. The Hall–Kier alpha value is -3.99.